The van der Waals surface area contributed by atoms with Gasteiger partial charge in [-0.15, -0.1) is 0 Å². The van der Waals surface area contributed by atoms with Crippen molar-refractivity contribution in [3.63, 3.8) is 0 Å². The lowest BCUT2D eigenvalue weighted by molar-refractivity contribution is 0.0945. The van der Waals surface area contributed by atoms with Gasteiger partial charge in [-0.05, 0) is 42.0 Å². The third kappa shape index (κ3) is 3.63. The number of fused-ring (bicyclic) bond motifs is 1. The molecule has 0 aliphatic carbocycles. The molecule has 0 atom stereocenters. The van der Waals surface area contributed by atoms with Crippen LogP contribution in [0.3, 0.4) is 0 Å². The molecule has 0 fully saturated rings. The Morgan fingerprint density at radius 3 is 2.67 bits per heavy atom. The van der Waals surface area contributed by atoms with Crippen LogP contribution in [0.4, 0.5) is 0 Å². The highest BCUT2D eigenvalue weighted by atomic mass is 16.5. The fourth-order valence-corrected chi connectivity index (χ4v) is 2.44. The number of aromatic nitrogens is 1. The van der Waals surface area contributed by atoms with Crippen molar-refractivity contribution in [1.29, 1.82) is 0 Å². The Hall–Kier alpha value is -3.08. The van der Waals surface area contributed by atoms with E-state index in [0.29, 0.717) is 13.2 Å². The summed E-state index contributed by atoms with van der Waals surface area (Å²) in [5, 5.41) is 4.93. The lowest BCUT2D eigenvalue weighted by Crippen LogP contribution is -2.32. The molecule has 5 heteroatoms. The van der Waals surface area contributed by atoms with E-state index in [0.717, 1.165) is 22.2 Å². The summed E-state index contributed by atoms with van der Waals surface area (Å²) in [7, 11) is 0. The lowest BCUT2D eigenvalue weighted by Gasteiger charge is -2.08. The predicted molar refractivity (Wildman–Crippen MR) is 93.6 cm³/mol. The Morgan fingerprint density at radius 1 is 1.08 bits per heavy atom. The number of rotatable bonds is 5. The molecule has 24 heavy (non-hydrogen) atoms. The summed E-state index contributed by atoms with van der Waals surface area (Å²) in [4.78, 5) is 26.3. The molecule has 0 aliphatic rings. The number of hydrogen-bond donors (Lipinski definition) is 2. The Morgan fingerprint density at radius 2 is 1.88 bits per heavy atom. The van der Waals surface area contributed by atoms with Gasteiger partial charge < -0.3 is 15.0 Å². The van der Waals surface area contributed by atoms with Gasteiger partial charge in [0.25, 0.3) is 11.5 Å². The number of aryl methyl sites for hydroxylation is 1. The maximum atomic E-state index is 12.0. The summed E-state index contributed by atoms with van der Waals surface area (Å²) >= 11 is 0. The van der Waals surface area contributed by atoms with E-state index in [4.69, 9.17) is 4.74 Å². The van der Waals surface area contributed by atoms with Crippen LogP contribution >= 0.6 is 0 Å². The Kier molecular flexibility index (Phi) is 4.61. The monoisotopic (exact) mass is 322 g/mol. The van der Waals surface area contributed by atoms with Gasteiger partial charge in [0, 0.05) is 5.69 Å². The molecule has 1 aromatic heterocycles. The van der Waals surface area contributed by atoms with Crippen molar-refractivity contribution >= 4 is 16.7 Å². The molecule has 2 N–H and O–H groups in total. The minimum Gasteiger partial charge on any atom is -0.492 e. The first-order valence-corrected chi connectivity index (χ1v) is 7.73. The molecular formula is C19H18N2O3. The molecule has 1 heterocycles. The first-order valence-electron chi connectivity index (χ1n) is 7.73. The van der Waals surface area contributed by atoms with E-state index in [2.05, 4.69) is 10.3 Å². The van der Waals surface area contributed by atoms with Crippen LogP contribution in [0.25, 0.3) is 10.8 Å². The summed E-state index contributed by atoms with van der Waals surface area (Å²) in [5.74, 6) is 0.342. The van der Waals surface area contributed by atoms with Crippen LogP contribution in [-0.4, -0.2) is 24.0 Å². The molecule has 122 valence electrons. The third-order valence-corrected chi connectivity index (χ3v) is 3.68. The first kappa shape index (κ1) is 15.8. The number of carbonyl (C=O) groups is 1. The van der Waals surface area contributed by atoms with Crippen molar-refractivity contribution in [1.82, 2.24) is 10.3 Å². The molecule has 0 saturated carbocycles. The highest BCUT2D eigenvalue weighted by molar-refractivity contribution is 5.93. The highest BCUT2D eigenvalue weighted by Gasteiger charge is 2.09. The highest BCUT2D eigenvalue weighted by Crippen LogP contribution is 2.20. The van der Waals surface area contributed by atoms with E-state index >= 15 is 0 Å². The fourth-order valence-electron chi connectivity index (χ4n) is 2.44. The molecule has 3 rings (SSSR count). The van der Waals surface area contributed by atoms with Gasteiger partial charge in [-0.1, -0.05) is 30.3 Å². The summed E-state index contributed by atoms with van der Waals surface area (Å²) in [6.45, 7) is 2.41. The zero-order valence-corrected chi connectivity index (χ0v) is 13.3. The molecule has 0 saturated heterocycles. The second-order valence-electron chi connectivity index (χ2n) is 5.50. The molecular weight excluding hydrogens is 304 g/mol. The molecule has 0 spiro atoms. The zero-order chi connectivity index (χ0) is 16.9. The standard InChI is InChI=1S/C19H18N2O3/c1-13-6-9-17(19(23)21-13)18(22)20-10-11-24-16-8-7-14-4-2-3-5-15(14)12-16/h2-9,12H,10-11H2,1H3,(H,20,22)(H,21,23). The minimum absolute atomic E-state index is 0.103. The van der Waals surface area contributed by atoms with Crippen molar-refractivity contribution in [3.05, 3.63) is 76.2 Å². The van der Waals surface area contributed by atoms with E-state index in [-0.39, 0.29) is 11.1 Å². The summed E-state index contributed by atoms with van der Waals surface area (Å²) in [6, 6.07) is 17.1. The summed E-state index contributed by atoms with van der Waals surface area (Å²) in [5.41, 5.74) is 0.436. The summed E-state index contributed by atoms with van der Waals surface area (Å²) in [6.07, 6.45) is 0. The molecule has 2 aromatic carbocycles. The number of nitrogens with one attached hydrogen (secondary N) is 2. The maximum Gasteiger partial charge on any atom is 0.260 e. The Labute approximate surface area is 139 Å². The second-order valence-corrected chi connectivity index (χ2v) is 5.50. The van der Waals surface area contributed by atoms with Gasteiger partial charge in [0.15, 0.2) is 0 Å². The maximum absolute atomic E-state index is 12.0. The van der Waals surface area contributed by atoms with Crippen molar-refractivity contribution in [3.8, 4) is 5.75 Å². The number of hydrogen-bond acceptors (Lipinski definition) is 3. The van der Waals surface area contributed by atoms with E-state index < -0.39 is 5.91 Å². The molecule has 0 radical (unpaired) electrons. The number of amides is 1. The normalized spacial score (nSPS) is 10.5. The predicted octanol–water partition coefficient (Wildman–Crippen LogP) is 2.65. The van der Waals surface area contributed by atoms with Gasteiger partial charge in [-0.3, -0.25) is 9.59 Å². The zero-order valence-electron chi connectivity index (χ0n) is 13.3. The van der Waals surface area contributed by atoms with E-state index in [1.54, 1.807) is 13.0 Å². The van der Waals surface area contributed by atoms with Gasteiger partial charge >= 0.3 is 0 Å². The van der Waals surface area contributed by atoms with Crippen molar-refractivity contribution in [2.45, 2.75) is 6.92 Å². The third-order valence-electron chi connectivity index (χ3n) is 3.68. The average molecular weight is 322 g/mol. The van der Waals surface area contributed by atoms with Crippen LogP contribution < -0.4 is 15.6 Å². The van der Waals surface area contributed by atoms with Crippen LogP contribution in [0.5, 0.6) is 5.75 Å². The molecule has 5 nitrogen and oxygen atoms in total. The SMILES string of the molecule is Cc1ccc(C(=O)NCCOc2ccc3ccccc3c2)c(=O)[nH]1. The van der Waals surface area contributed by atoms with Crippen molar-refractivity contribution in [2.75, 3.05) is 13.2 Å². The fraction of sp³-hybridized carbons (Fsp3) is 0.158. The number of aromatic amines is 1. The smallest absolute Gasteiger partial charge is 0.260 e. The minimum atomic E-state index is -0.404. The van der Waals surface area contributed by atoms with Gasteiger partial charge in [0.2, 0.25) is 0 Å². The first-order chi connectivity index (χ1) is 11.6. The molecule has 0 bridgehead atoms. The van der Waals surface area contributed by atoms with Crippen LogP contribution in [0.15, 0.2) is 59.4 Å². The number of carbonyl (C=O) groups excluding carboxylic acids is 1. The molecule has 0 aliphatic heterocycles. The quantitative estimate of drug-likeness (QED) is 0.709. The number of H-pyrrole nitrogens is 1. The van der Waals surface area contributed by atoms with E-state index in [1.165, 1.54) is 6.07 Å². The second kappa shape index (κ2) is 7.00. The Balaban J connectivity index is 1.54. The van der Waals surface area contributed by atoms with Crippen LogP contribution in [0.2, 0.25) is 0 Å². The number of benzene rings is 2. The Bertz CT molecular complexity index is 931. The largest absolute Gasteiger partial charge is 0.492 e. The van der Waals surface area contributed by atoms with Crippen LogP contribution in [-0.2, 0) is 0 Å². The number of pyridine rings is 1. The number of ether oxygens (including phenoxy) is 1. The molecule has 3 aromatic rings. The summed E-state index contributed by atoms with van der Waals surface area (Å²) < 4.78 is 5.65. The lowest BCUT2D eigenvalue weighted by atomic mass is 10.1. The van der Waals surface area contributed by atoms with E-state index in [9.17, 15) is 9.59 Å². The average Bonchev–Trinajstić information content (AvgIpc) is 2.58. The molecule has 0 unspecified atom stereocenters. The van der Waals surface area contributed by atoms with Gasteiger partial charge in [-0.2, -0.15) is 0 Å². The van der Waals surface area contributed by atoms with Crippen LogP contribution in [0, 0.1) is 6.92 Å². The van der Waals surface area contributed by atoms with Gasteiger partial charge in [0.05, 0.1) is 6.54 Å². The van der Waals surface area contributed by atoms with Gasteiger partial charge in [-0.25, -0.2) is 0 Å². The van der Waals surface area contributed by atoms with Gasteiger partial charge in [0.1, 0.15) is 17.9 Å². The molecule has 1 amide bonds. The van der Waals surface area contributed by atoms with Crippen molar-refractivity contribution in [2.24, 2.45) is 0 Å². The van der Waals surface area contributed by atoms with Crippen molar-refractivity contribution < 1.29 is 9.53 Å². The van der Waals surface area contributed by atoms with Crippen LogP contribution in [0.1, 0.15) is 16.1 Å². The topological polar surface area (TPSA) is 71.2 Å². The van der Waals surface area contributed by atoms with E-state index in [1.807, 2.05) is 42.5 Å².